The predicted molar refractivity (Wildman–Crippen MR) is 186 cm³/mol. The Balaban J connectivity index is 1.23. The number of halogens is 3. The number of rotatable bonds is 14. The van der Waals surface area contributed by atoms with Gasteiger partial charge in [0.2, 0.25) is 5.91 Å². The minimum absolute atomic E-state index is 0.0151. The first kappa shape index (κ1) is 35.7. The summed E-state index contributed by atoms with van der Waals surface area (Å²) < 4.78 is 34.9. The van der Waals surface area contributed by atoms with Crippen LogP contribution in [0, 0.1) is 11.6 Å². The molecule has 3 aromatic carbocycles. The number of carboxylic acid groups (broad SMARTS) is 1. The number of aliphatic hydroxyl groups is 1. The van der Waals surface area contributed by atoms with Crippen LogP contribution in [0.4, 0.5) is 8.78 Å². The lowest BCUT2D eigenvalue weighted by molar-refractivity contribution is -0.141. The summed E-state index contributed by atoms with van der Waals surface area (Å²) in [5.74, 6) is -2.04. The Morgan fingerprint density at radius 2 is 1.78 bits per heavy atom. The quantitative estimate of drug-likeness (QED) is 0.187. The fourth-order valence-electron chi connectivity index (χ4n) is 6.81. The van der Waals surface area contributed by atoms with Gasteiger partial charge in [0.05, 0.1) is 36.1 Å². The number of piperazine rings is 1. The van der Waals surface area contributed by atoms with Crippen molar-refractivity contribution in [3.05, 3.63) is 105 Å². The molecule has 3 aromatic rings. The number of carbonyl (C=O) groups excluding carboxylic acids is 2. The molecule has 1 aliphatic carbocycles. The van der Waals surface area contributed by atoms with Crippen molar-refractivity contribution in [3.8, 4) is 5.75 Å². The summed E-state index contributed by atoms with van der Waals surface area (Å²) in [6.07, 6.45) is 1.40. The molecule has 3 aliphatic rings. The summed E-state index contributed by atoms with van der Waals surface area (Å²) in [5, 5.41) is 22.7. The average Bonchev–Trinajstić information content (AvgIpc) is 3.92. The van der Waals surface area contributed by atoms with Gasteiger partial charge in [-0.2, -0.15) is 0 Å². The Kier molecular flexibility index (Phi) is 11.3. The lowest BCUT2D eigenvalue weighted by Gasteiger charge is -2.45. The van der Waals surface area contributed by atoms with E-state index in [1.54, 1.807) is 34.1 Å². The summed E-state index contributed by atoms with van der Waals surface area (Å²) in [7, 11) is 0. The van der Waals surface area contributed by atoms with Gasteiger partial charge in [-0.1, -0.05) is 42.5 Å². The molecule has 3 atom stereocenters. The van der Waals surface area contributed by atoms with E-state index in [2.05, 4.69) is 21.2 Å². The Bertz CT molecular complexity index is 1770. The van der Waals surface area contributed by atoms with E-state index in [9.17, 15) is 28.3 Å². The molecule has 2 bridgehead atoms. The standard InChI is InChI=1S/C38H40BrF2N3O6/c39-31-14-11-26(40)16-34(31)50-15-3-4-23-7-9-24(10-8-23)30-17-27-21-43(35(46)18-29(45)19-36(47)48)22-33(42-27)37(30)38(49)44(28-12-13-28)20-25-5-1-2-6-32(25)41/h1-2,5-11,14,16,27-29,33,42,45H,3-4,12-13,15,17-22H2,(H,47,48)/t27-,29+,33-/m1/s1. The number of benzene rings is 3. The molecule has 2 amide bonds. The number of aliphatic carboxylic acids is 1. The van der Waals surface area contributed by atoms with Gasteiger partial charge >= 0.3 is 5.97 Å². The van der Waals surface area contributed by atoms with Gasteiger partial charge in [-0.05, 0) is 82.9 Å². The van der Waals surface area contributed by atoms with Crippen LogP contribution in [0.5, 0.6) is 5.75 Å². The molecule has 3 N–H and O–H groups in total. The minimum atomic E-state index is -1.30. The van der Waals surface area contributed by atoms with Gasteiger partial charge in [-0.15, -0.1) is 0 Å². The number of fused-ring (bicyclic) bond motifs is 2. The topological polar surface area (TPSA) is 119 Å². The molecule has 50 heavy (non-hydrogen) atoms. The predicted octanol–water partition coefficient (Wildman–Crippen LogP) is 5.48. The summed E-state index contributed by atoms with van der Waals surface area (Å²) >= 11 is 3.38. The number of aliphatic hydroxyl groups excluding tert-OH is 1. The van der Waals surface area contributed by atoms with Crippen LogP contribution in [0.1, 0.15) is 55.2 Å². The third-order valence-electron chi connectivity index (χ3n) is 9.42. The smallest absolute Gasteiger partial charge is 0.305 e. The van der Waals surface area contributed by atoms with E-state index in [1.807, 2.05) is 24.3 Å². The molecule has 0 aromatic heterocycles. The lowest BCUT2D eigenvalue weighted by atomic mass is 9.82. The van der Waals surface area contributed by atoms with E-state index in [-0.39, 0.29) is 55.0 Å². The summed E-state index contributed by atoms with van der Waals surface area (Å²) in [4.78, 5) is 42.2. The number of aryl methyl sites for hydroxylation is 1. The SMILES string of the molecule is O=C(O)C[C@@H](O)CC(=O)N1C[C@H]2CC(c3ccc(CCCOc4cc(F)ccc4Br)cc3)=C(C(=O)N(Cc3ccccc3F)C3CC3)[C@@H](C1)N2. The molecule has 0 spiro atoms. The van der Waals surface area contributed by atoms with Crippen LogP contribution in [-0.4, -0.2) is 81.7 Å². The maximum atomic E-state index is 14.8. The fraction of sp³-hybridized carbons (Fsp3) is 0.395. The molecule has 6 rings (SSSR count). The third kappa shape index (κ3) is 8.77. The summed E-state index contributed by atoms with van der Waals surface area (Å²) in [5.41, 5.74) is 3.82. The molecule has 1 saturated carbocycles. The van der Waals surface area contributed by atoms with Crippen molar-refractivity contribution in [2.45, 2.75) is 75.7 Å². The number of nitrogens with zero attached hydrogens (tertiary/aromatic N) is 2. The maximum absolute atomic E-state index is 14.8. The third-order valence-corrected chi connectivity index (χ3v) is 10.1. The number of hydrogen-bond donors (Lipinski definition) is 3. The van der Waals surface area contributed by atoms with Crippen LogP contribution in [-0.2, 0) is 27.3 Å². The summed E-state index contributed by atoms with van der Waals surface area (Å²) in [6.45, 7) is 1.06. The van der Waals surface area contributed by atoms with E-state index in [0.29, 0.717) is 47.4 Å². The number of ether oxygens (including phenoxy) is 1. The summed E-state index contributed by atoms with van der Waals surface area (Å²) in [6, 6.07) is 18.1. The highest BCUT2D eigenvalue weighted by atomic mass is 79.9. The van der Waals surface area contributed by atoms with Gasteiger partial charge in [0.25, 0.3) is 5.91 Å². The molecule has 264 valence electrons. The minimum Gasteiger partial charge on any atom is -0.492 e. The number of nitrogens with one attached hydrogen (secondary N) is 1. The van der Waals surface area contributed by atoms with Gasteiger partial charge in [0, 0.05) is 48.9 Å². The van der Waals surface area contributed by atoms with Crippen LogP contribution in [0.3, 0.4) is 0 Å². The highest BCUT2D eigenvalue weighted by Gasteiger charge is 2.43. The normalized spacial score (nSPS) is 19.2. The zero-order chi connectivity index (χ0) is 35.4. The van der Waals surface area contributed by atoms with Crippen molar-refractivity contribution in [3.63, 3.8) is 0 Å². The Hall–Kier alpha value is -4.13. The van der Waals surface area contributed by atoms with E-state index >= 15 is 0 Å². The van der Waals surface area contributed by atoms with Crippen LogP contribution < -0.4 is 10.1 Å². The number of hydrogen-bond acceptors (Lipinski definition) is 6. The fourth-order valence-corrected chi connectivity index (χ4v) is 7.17. The second-order valence-electron chi connectivity index (χ2n) is 13.2. The van der Waals surface area contributed by atoms with Crippen LogP contribution in [0.2, 0.25) is 0 Å². The van der Waals surface area contributed by atoms with Crippen molar-refractivity contribution in [2.24, 2.45) is 0 Å². The van der Waals surface area contributed by atoms with Gasteiger partial charge < -0.3 is 30.1 Å². The number of carbonyl (C=O) groups is 3. The van der Waals surface area contributed by atoms with E-state index < -0.39 is 24.5 Å². The zero-order valence-corrected chi connectivity index (χ0v) is 29.1. The van der Waals surface area contributed by atoms with Crippen molar-refractivity contribution < 1.29 is 38.1 Å². The van der Waals surface area contributed by atoms with Gasteiger partial charge in [0.1, 0.15) is 17.4 Å². The van der Waals surface area contributed by atoms with Crippen LogP contribution >= 0.6 is 15.9 Å². The first-order chi connectivity index (χ1) is 24.0. The number of carboxylic acids is 1. The van der Waals surface area contributed by atoms with Gasteiger partial charge in [0.15, 0.2) is 0 Å². The molecule has 1 saturated heterocycles. The van der Waals surface area contributed by atoms with Crippen molar-refractivity contribution in [2.75, 3.05) is 19.7 Å². The molecule has 0 unspecified atom stereocenters. The second-order valence-corrected chi connectivity index (χ2v) is 14.1. The van der Waals surface area contributed by atoms with Crippen LogP contribution in [0.15, 0.2) is 76.8 Å². The average molecular weight is 753 g/mol. The molecule has 2 fully saturated rings. The van der Waals surface area contributed by atoms with Crippen LogP contribution in [0.25, 0.3) is 5.57 Å². The van der Waals surface area contributed by atoms with E-state index in [0.717, 1.165) is 36.0 Å². The van der Waals surface area contributed by atoms with E-state index in [4.69, 9.17) is 9.84 Å². The Morgan fingerprint density at radius 3 is 2.50 bits per heavy atom. The first-order valence-electron chi connectivity index (χ1n) is 16.9. The largest absolute Gasteiger partial charge is 0.492 e. The lowest BCUT2D eigenvalue weighted by Crippen LogP contribution is -2.62. The molecular formula is C38H40BrF2N3O6. The highest BCUT2D eigenvalue weighted by molar-refractivity contribution is 9.10. The van der Waals surface area contributed by atoms with Crippen molar-refractivity contribution in [1.29, 1.82) is 0 Å². The molecule has 2 aliphatic heterocycles. The molecule has 0 radical (unpaired) electrons. The first-order valence-corrected chi connectivity index (χ1v) is 17.7. The molecule has 9 nitrogen and oxygen atoms in total. The maximum Gasteiger partial charge on any atom is 0.305 e. The Labute approximate surface area is 298 Å². The van der Waals surface area contributed by atoms with Gasteiger partial charge in [-0.25, -0.2) is 8.78 Å². The van der Waals surface area contributed by atoms with Crippen molar-refractivity contribution >= 4 is 39.3 Å². The molecular weight excluding hydrogens is 712 g/mol. The van der Waals surface area contributed by atoms with E-state index in [1.165, 1.54) is 18.2 Å². The Morgan fingerprint density at radius 1 is 1.02 bits per heavy atom. The van der Waals surface area contributed by atoms with Crippen molar-refractivity contribution in [1.82, 2.24) is 15.1 Å². The molecule has 2 heterocycles. The molecule has 12 heteroatoms. The van der Waals surface area contributed by atoms with Gasteiger partial charge in [-0.3, -0.25) is 14.4 Å². The zero-order valence-electron chi connectivity index (χ0n) is 27.5. The highest BCUT2D eigenvalue weighted by Crippen LogP contribution is 2.38. The monoisotopic (exact) mass is 751 g/mol. The second kappa shape index (κ2) is 15.8. The number of amides is 2.